The molecule has 176 valence electrons. The number of nitrogens with zero attached hydrogens (tertiary/aromatic N) is 2. The van der Waals surface area contributed by atoms with Gasteiger partial charge < -0.3 is 31.1 Å². The van der Waals surface area contributed by atoms with Gasteiger partial charge in [-0.3, -0.25) is 19.3 Å². The van der Waals surface area contributed by atoms with Gasteiger partial charge in [0.1, 0.15) is 17.1 Å². The van der Waals surface area contributed by atoms with Gasteiger partial charge in [0.05, 0.1) is 11.6 Å². The molecule has 0 radical (unpaired) electrons. The van der Waals surface area contributed by atoms with Crippen LogP contribution >= 0.6 is 0 Å². The van der Waals surface area contributed by atoms with Crippen LogP contribution in [0.25, 0.3) is 5.76 Å². The van der Waals surface area contributed by atoms with Crippen molar-refractivity contribution < 1.29 is 34.8 Å². The highest BCUT2D eigenvalue weighted by Crippen LogP contribution is 2.52. The van der Waals surface area contributed by atoms with Crippen LogP contribution in [-0.4, -0.2) is 82.5 Å². The van der Waals surface area contributed by atoms with Crippen molar-refractivity contribution in [2.24, 2.45) is 17.6 Å². The van der Waals surface area contributed by atoms with Crippen molar-refractivity contribution in [1.29, 1.82) is 0 Å². The summed E-state index contributed by atoms with van der Waals surface area (Å²) in [4.78, 5) is 43.2. The number of nitrogens with two attached hydrogens (primary N) is 1. The third-order valence-electron chi connectivity index (χ3n) is 7.05. The maximum atomic E-state index is 13.7. The fourth-order valence-electron chi connectivity index (χ4n) is 5.63. The first-order valence-corrected chi connectivity index (χ1v) is 10.5. The summed E-state index contributed by atoms with van der Waals surface area (Å²) in [6.45, 7) is 0. The van der Waals surface area contributed by atoms with E-state index in [0.717, 1.165) is 5.69 Å². The molecule has 2 fully saturated rings. The molecule has 3 aliphatic rings. The van der Waals surface area contributed by atoms with Gasteiger partial charge in [-0.25, -0.2) is 0 Å². The van der Waals surface area contributed by atoms with Gasteiger partial charge in [0, 0.05) is 31.3 Å². The van der Waals surface area contributed by atoms with Crippen LogP contribution in [0.2, 0.25) is 0 Å². The second-order valence-electron chi connectivity index (χ2n) is 9.31. The maximum Gasteiger partial charge on any atom is 0.211 e. The zero-order valence-corrected chi connectivity index (χ0v) is 18.8. The van der Waals surface area contributed by atoms with E-state index in [9.17, 15) is 34.8 Å². The van der Waals surface area contributed by atoms with Crippen molar-refractivity contribution in [2.45, 2.75) is 24.5 Å². The minimum Gasteiger partial charge on any atom is -0.507 e. The summed E-state index contributed by atoms with van der Waals surface area (Å²) in [5.74, 6) is -6.64. The van der Waals surface area contributed by atoms with Crippen LogP contribution in [-0.2, 0) is 20.8 Å². The topological polar surface area (TPSA) is 165 Å². The van der Waals surface area contributed by atoms with Gasteiger partial charge in [-0.15, -0.1) is 0 Å². The van der Waals surface area contributed by atoms with Gasteiger partial charge in [0.25, 0.3) is 0 Å². The van der Waals surface area contributed by atoms with Crippen LogP contribution in [0, 0.1) is 11.8 Å². The number of carbonyl (C=O) groups is 3. The lowest BCUT2D eigenvalue weighted by Crippen LogP contribution is -2.69. The van der Waals surface area contributed by atoms with Crippen molar-refractivity contribution >= 4 is 28.8 Å². The average Bonchev–Trinajstić information content (AvgIpc) is 2.70. The van der Waals surface area contributed by atoms with Crippen molar-refractivity contribution in [1.82, 2.24) is 4.90 Å². The normalized spacial score (nSPS) is 30.7. The molecular weight excluding hydrogens is 430 g/mol. The molecule has 0 amide bonds. The Hall–Kier alpha value is -3.37. The Morgan fingerprint density at radius 1 is 1.09 bits per heavy atom. The van der Waals surface area contributed by atoms with Gasteiger partial charge in [-0.05, 0) is 50.6 Å². The smallest absolute Gasteiger partial charge is 0.211 e. The number of aliphatic hydroxyl groups excluding tert-OH is 2. The van der Waals surface area contributed by atoms with Crippen LogP contribution in [0.3, 0.4) is 0 Å². The van der Waals surface area contributed by atoms with Gasteiger partial charge in [0.15, 0.2) is 17.3 Å². The molecule has 10 nitrogen and oxygen atoms in total. The van der Waals surface area contributed by atoms with E-state index in [-0.39, 0.29) is 29.7 Å². The van der Waals surface area contributed by atoms with E-state index >= 15 is 0 Å². The summed E-state index contributed by atoms with van der Waals surface area (Å²) < 4.78 is 0. The average molecular weight is 457 g/mol. The molecule has 0 aliphatic heterocycles. The van der Waals surface area contributed by atoms with E-state index in [4.69, 9.17) is 5.73 Å². The molecule has 4 atom stereocenters. The first-order valence-electron chi connectivity index (χ1n) is 10.5. The highest BCUT2D eigenvalue weighted by atomic mass is 16.3. The minimum atomic E-state index is -2.70. The lowest BCUT2D eigenvalue weighted by Gasteiger charge is -2.50. The number of benzene rings is 1. The number of anilines is 1. The third kappa shape index (κ3) is 2.90. The van der Waals surface area contributed by atoms with E-state index in [1.54, 1.807) is 34.3 Å². The van der Waals surface area contributed by atoms with Crippen molar-refractivity contribution in [3.63, 3.8) is 0 Å². The van der Waals surface area contributed by atoms with Gasteiger partial charge in [-0.2, -0.15) is 0 Å². The second kappa shape index (κ2) is 7.32. The molecular formula is C23H27N3O7. The fraction of sp³-hybridized carbons (Fsp3) is 0.435. The van der Waals surface area contributed by atoms with Crippen molar-refractivity contribution in [2.75, 3.05) is 33.1 Å². The minimum absolute atomic E-state index is 0.0442. The Morgan fingerprint density at radius 2 is 1.73 bits per heavy atom. The Morgan fingerprint density at radius 3 is 2.27 bits per heavy atom. The zero-order chi connectivity index (χ0) is 24.6. The predicted molar refractivity (Wildman–Crippen MR) is 119 cm³/mol. The lowest BCUT2D eigenvalue weighted by atomic mass is 9.56. The van der Waals surface area contributed by atoms with E-state index in [2.05, 4.69) is 0 Å². The van der Waals surface area contributed by atoms with Gasteiger partial charge >= 0.3 is 0 Å². The van der Waals surface area contributed by atoms with E-state index in [0.29, 0.717) is 5.56 Å². The fourth-order valence-corrected chi connectivity index (χ4v) is 5.63. The van der Waals surface area contributed by atoms with Crippen LogP contribution < -0.4 is 10.6 Å². The lowest BCUT2D eigenvalue weighted by molar-refractivity contribution is -0.165. The molecule has 0 bridgehead atoms. The molecule has 3 aliphatic carbocycles. The van der Waals surface area contributed by atoms with Gasteiger partial charge in [0.2, 0.25) is 11.6 Å². The molecule has 33 heavy (non-hydrogen) atoms. The van der Waals surface area contributed by atoms with Crippen LogP contribution in [0.4, 0.5) is 5.69 Å². The quantitative estimate of drug-likeness (QED) is 0.177. The Balaban J connectivity index is 1.97. The first-order chi connectivity index (χ1) is 15.3. The summed E-state index contributed by atoms with van der Waals surface area (Å²) in [5.41, 5.74) is 3.11. The Labute approximate surface area is 190 Å². The molecule has 10 heteroatoms. The number of aliphatic hydroxyl groups is 3. The number of hydrogen-bond donors (Lipinski definition) is 5. The second-order valence-corrected chi connectivity index (χ2v) is 9.31. The molecule has 0 saturated heterocycles. The number of rotatable bonds is 2. The van der Waals surface area contributed by atoms with Gasteiger partial charge in [-0.1, -0.05) is 0 Å². The molecule has 1 aromatic rings. The molecule has 4 rings (SSSR count). The van der Waals surface area contributed by atoms with Crippen LogP contribution in [0.5, 0.6) is 5.75 Å². The van der Waals surface area contributed by atoms with Crippen molar-refractivity contribution in [3.8, 4) is 5.75 Å². The standard InChI is InChI=1S/C23H27N3O7/c1-25(2)12-5-6-13(27)15-10(12)7-9-8-11-17(26(3)4)19(29)16(22(24)32)21(31)23(11,33)20(30)14(9)18(15)28/h5-6,9,11,17,27-28,32-33H,7-8,24H2,1-4H3/b22-16+. The molecule has 4 unspecified atom stereocenters. The first kappa shape index (κ1) is 22.8. The molecule has 6 N–H and O–H groups in total. The van der Waals surface area contributed by atoms with E-state index in [1.165, 1.54) is 11.0 Å². The number of hydrogen-bond acceptors (Lipinski definition) is 10. The number of aromatic hydroxyl groups is 1. The largest absolute Gasteiger partial charge is 0.507 e. The number of phenolic OH excluding ortho intramolecular Hbond substituents is 1. The number of Topliss-reactive ketones (excluding diaryl/α,β-unsaturated/α-hetero) is 3. The molecule has 2 saturated carbocycles. The van der Waals surface area contributed by atoms with Crippen molar-refractivity contribution in [3.05, 3.63) is 40.3 Å². The maximum absolute atomic E-state index is 13.7. The highest BCUT2D eigenvalue weighted by Gasteiger charge is 2.66. The summed E-state index contributed by atoms with van der Waals surface area (Å²) in [5, 5.41) is 42.9. The number of fused-ring (bicyclic) bond motifs is 3. The van der Waals surface area contributed by atoms with E-state index < -0.39 is 58.0 Å². The summed E-state index contributed by atoms with van der Waals surface area (Å²) >= 11 is 0. The number of ketones is 3. The summed E-state index contributed by atoms with van der Waals surface area (Å²) in [6.07, 6.45) is 0.296. The number of carbonyl (C=O) groups excluding carboxylic acids is 3. The third-order valence-corrected chi connectivity index (χ3v) is 7.05. The van der Waals surface area contributed by atoms with Crippen LogP contribution in [0.1, 0.15) is 17.5 Å². The van der Waals surface area contributed by atoms with E-state index in [1.807, 2.05) is 4.90 Å². The molecule has 1 aromatic carbocycles. The predicted octanol–water partition coefficient (Wildman–Crippen LogP) is 0.0300. The molecule has 0 spiro atoms. The highest BCUT2D eigenvalue weighted by molar-refractivity contribution is 6.35. The monoisotopic (exact) mass is 457 g/mol. The number of likely N-dealkylation sites (N-methyl/N-ethyl adjacent to an activating group) is 1. The Bertz CT molecular complexity index is 1160. The van der Waals surface area contributed by atoms with Crippen LogP contribution in [0.15, 0.2) is 29.2 Å². The SMILES string of the molecule is CN(C)c1ccc(O)c2c1CC1CC3C(N(C)C)C(=O)/C(=C(/N)O)C(=O)C3(O)C(=O)C1=C2O. The molecule has 0 heterocycles. The summed E-state index contributed by atoms with van der Waals surface area (Å²) in [7, 11) is 6.74. The number of phenols is 1. The zero-order valence-electron chi connectivity index (χ0n) is 18.8. The molecule has 0 aromatic heterocycles. The summed E-state index contributed by atoms with van der Waals surface area (Å²) in [6, 6.07) is 2.00. The Kier molecular flexibility index (Phi) is 5.06.